The molecular formula is C62H111N11O13. The van der Waals surface area contributed by atoms with Crippen LogP contribution in [-0.4, -0.2) is 239 Å². The monoisotopic (exact) mass is 1220 g/mol. The number of hydrogen-bond acceptors (Lipinski definition) is 14. The van der Waals surface area contributed by atoms with Crippen molar-refractivity contribution in [2.24, 2.45) is 41.4 Å². The standard InChI is InChI=1S/C62H111N11O13/c1-33(2)24-26-43-58(81)71(21)50(38(11)12)62(85)72(22)51(52-39(13)28-29-86-52)56(79)66-49(42(16)74)60(83)67(17)32-47(75)69(19)45(30-35(5)6)55(78)65-48(37(9)10)61(84)70(20)46(31-36(7)8)54(77)63-40(14)53(76)64-41(15)57(80)73(23)59(82)44(68(43)18)27-25-34(3)4/h33-46,48-52,74H,24-32H2,1-23H3,(H,63,77)(H,64,76)(H,65,78)(H,66,79)/t39-,40-,41-,42-,43-,44-,45+,46-,48-,49+,50-,51+,52-/m1/s1. The molecule has 0 aliphatic carbocycles. The Morgan fingerprint density at radius 1 is 0.477 bits per heavy atom. The lowest BCUT2D eigenvalue weighted by molar-refractivity contribution is -0.156. The molecule has 0 bridgehead atoms. The van der Waals surface area contributed by atoms with Crippen molar-refractivity contribution in [3.63, 3.8) is 0 Å². The number of nitrogens with zero attached hydrogens (tertiary/aromatic N) is 7. The van der Waals surface area contributed by atoms with E-state index < -0.39 is 156 Å². The number of aliphatic hydroxyl groups is 1. The van der Waals surface area contributed by atoms with Gasteiger partial charge in [-0.1, -0.05) is 90.0 Å². The summed E-state index contributed by atoms with van der Waals surface area (Å²) in [6.07, 6.45) is -0.0685. The van der Waals surface area contributed by atoms with Gasteiger partial charge in [0.25, 0.3) is 5.91 Å². The maximum atomic E-state index is 15.3. The molecule has 2 aliphatic rings. The Labute approximate surface area is 513 Å². The maximum absolute atomic E-state index is 15.3. The minimum absolute atomic E-state index is 0.103. The summed E-state index contributed by atoms with van der Waals surface area (Å²) in [5.41, 5.74) is 0. The summed E-state index contributed by atoms with van der Waals surface area (Å²) >= 11 is 0. The fourth-order valence-corrected chi connectivity index (χ4v) is 11.2. The molecule has 24 nitrogen and oxygen atoms in total. The molecule has 2 saturated heterocycles. The number of carbonyl (C=O) groups excluding carboxylic acids is 11. The van der Waals surface area contributed by atoms with Crippen molar-refractivity contribution >= 4 is 65.0 Å². The predicted octanol–water partition coefficient (Wildman–Crippen LogP) is 2.48. The molecule has 2 fully saturated rings. The highest BCUT2D eigenvalue weighted by atomic mass is 16.5. The van der Waals surface area contributed by atoms with Gasteiger partial charge in [0.15, 0.2) is 0 Å². The third kappa shape index (κ3) is 20.7. The summed E-state index contributed by atoms with van der Waals surface area (Å²) in [7, 11) is 10.00. The van der Waals surface area contributed by atoms with Gasteiger partial charge in [0.2, 0.25) is 59.1 Å². The molecule has 0 aromatic heterocycles. The molecule has 0 spiro atoms. The lowest BCUT2D eigenvalue weighted by Crippen LogP contribution is -2.64. The van der Waals surface area contributed by atoms with E-state index in [2.05, 4.69) is 21.3 Å². The number of likely N-dealkylation sites (N-methyl/N-ethyl adjacent to an activating group) is 7. The van der Waals surface area contributed by atoms with Crippen molar-refractivity contribution in [1.29, 1.82) is 0 Å². The molecule has 5 N–H and O–H groups in total. The number of aliphatic hydroxyl groups excluding tert-OH is 1. The van der Waals surface area contributed by atoms with Crippen LogP contribution in [0.15, 0.2) is 0 Å². The van der Waals surface area contributed by atoms with Gasteiger partial charge in [-0.25, -0.2) is 0 Å². The molecule has 0 aromatic rings. The van der Waals surface area contributed by atoms with Gasteiger partial charge in [-0.3, -0.25) is 62.5 Å². The lowest BCUT2D eigenvalue weighted by atomic mass is 9.93. The zero-order valence-corrected chi connectivity index (χ0v) is 56.3. The maximum Gasteiger partial charge on any atom is 0.251 e. The Balaban J connectivity index is 2.98. The van der Waals surface area contributed by atoms with Gasteiger partial charge in [0.05, 0.1) is 30.8 Å². The van der Waals surface area contributed by atoms with Crippen LogP contribution in [0.3, 0.4) is 0 Å². The first-order valence-corrected chi connectivity index (χ1v) is 31.1. The summed E-state index contributed by atoms with van der Waals surface area (Å²) in [6.45, 7) is 27.9. The average molecular weight is 1220 g/mol. The van der Waals surface area contributed by atoms with Crippen molar-refractivity contribution in [2.75, 3.05) is 62.5 Å². The molecule has 11 amide bonds. The van der Waals surface area contributed by atoms with Crippen molar-refractivity contribution < 1.29 is 62.6 Å². The molecule has 0 unspecified atom stereocenters. The van der Waals surface area contributed by atoms with Gasteiger partial charge in [0, 0.05) is 48.9 Å². The van der Waals surface area contributed by atoms with E-state index in [1.807, 2.05) is 62.3 Å². The second-order valence-electron chi connectivity index (χ2n) is 26.9. The van der Waals surface area contributed by atoms with Gasteiger partial charge in [-0.05, 0) is 114 Å². The normalized spacial score (nSPS) is 29.1. The summed E-state index contributed by atoms with van der Waals surface area (Å²) in [5, 5.41) is 22.0. The second kappa shape index (κ2) is 34.1. The molecule has 13 atom stereocenters. The molecular weight excluding hydrogens is 1110 g/mol. The number of imide groups is 1. The Bertz CT molecular complexity index is 2350. The molecule has 24 heteroatoms. The summed E-state index contributed by atoms with van der Waals surface area (Å²) in [4.78, 5) is 169. The van der Waals surface area contributed by atoms with E-state index >= 15 is 9.59 Å². The van der Waals surface area contributed by atoms with Crippen LogP contribution in [0.25, 0.3) is 0 Å². The number of nitrogens with one attached hydrogen (secondary N) is 4. The van der Waals surface area contributed by atoms with E-state index in [0.717, 1.165) is 9.80 Å². The van der Waals surface area contributed by atoms with Crippen LogP contribution < -0.4 is 21.3 Å². The van der Waals surface area contributed by atoms with Gasteiger partial charge >= 0.3 is 0 Å². The molecule has 0 radical (unpaired) electrons. The molecule has 0 aromatic carbocycles. The molecule has 492 valence electrons. The summed E-state index contributed by atoms with van der Waals surface area (Å²) < 4.78 is 6.15. The molecule has 2 rings (SSSR count). The Morgan fingerprint density at radius 2 is 0.953 bits per heavy atom. The highest BCUT2D eigenvalue weighted by molar-refractivity contribution is 6.02. The van der Waals surface area contributed by atoms with E-state index in [4.69, 9.17) is 4.74 Å². The number of ether oxygens (including phenoxy) is 1. The Morgan fingerprint density at radius 3 is 1.41 bits per heavy atom. The highest BCUT2D eigenvalue weighted by Crippen LogP contribution is 2.29. The van der Waals surface area contributed by atoms with Gasteiger partial charge in [-0.15, -0.1) is 0 Å². The molecule has 2 heterocycles. The molecule has 2 aliphatic heterocycles. The van der Waals surface area contributed by atoms with E-state index in [-0.39, 0.29) is 61.9 Å². The second-order valence-corrected chi connectivity index (χ2v) is 26.9. The fourth-order valence-electron chi connectivity index (χ4n) is 11.2. The fraction of sp³-hybridized carbons (Fsp3) is 0.823. The van der Waals surface area contributed by atoms with Crippen LogP contribution in [0, 0.1) is 41.4 Å². The highest BCUT2D eigenvalue weighted by Gasteiger charge is 2.47. The van der Waals surface area contributed by atoms with Crippen LogP contribution in [0.2, 0.25) is 0 Å². The van der Waals surface area contributed by atoms with Crippen molar-refractivity contribution in [3.8, 4) is 0 Å². The zero-order chi connectivity index (χ0) is 66.3. The van der Waals surface area contributed by atoms with Gasteiger partial charge < -0.3 is 55.6 Å². The third-order valence-electron chi connectivity index (χ3n) is 16.9. The first-order valence-electron chi connectivity index (χ1n) is 31.1. The summed E-state index contributed by atoms with van der Waals surface area (Å²) in [5.74, 6) is -9.13. The SMILES string of the molecule is CC(C)CC[C@@H]1C(=O)N(C)C(=O)[C@@H](C)NC(=O)[C@@H](C)NC(=O)[C@@H](CC(C)C)N(C)C(=O)[C@@H](C(C)C)NC(=O)[C@H](CC(C)C)N(C)C(=O)CN(C)C(=O)[C@H]([C@@H](C)O)NC(=O)[C@H]([C@@H]2OCC[C@H]2C)N(C)C(=O)[C@@H](C(C)C)N(C)C(=O)[C@@H](CCC(C)C)N1C. The summed E-state index contributed by atoms with van der Waals surface area (Å²) in [6, 6.07) is -12.3. The number of hydrogen-bond donors (Lipinski definition) is 5. The number of carbonyl (C=O) groups is 11. The van der Waals surface area contributed by atoms with Crippen LogP contribution >= 0.6 is 0 Å². The van der Waals surface area contributed by atoms with Crippen molar-refractivity contribution in [3.05, 3.63) is 0 Å². The number of amides is 11. The van der Waals surface area contributed by atoms with Crippen molar-refractivity contribution in [1.82, 2.24) is 55.6 Å². The van der Waals surface area contributed by atoms with Crippen molar-refractivity contribution in [2.45, 2.75) is 228 Å². The first-order chi connectivity index (χ1) is 39.7. The van der Waals surface area contributed by atoms with Crippen LogP contribution in [-0.2, 0) is 57.5 Å². The minimum atomic E-state index is -1.65. The lowest BCUT2D eigenvalue weighted by Gasteiger charge is -2.42. The smallest absolute Gasteiger partial charge is 0.251 e. The zero-order valence-electron chi connectivity index (χ0n) is 56.3. The van der Waals surface area contributed by atoms with Gasteiger partial charge in [0.1, 0.15) is 48.3 Å². The van der Waals surface area contributed by atoms with Crippen LogP contribution in [0.5, 0.6) is 0 Å². The predicted molar refractivity (Wildman–Crippen MR) is 328 cm³/mol. The van der Waals surface area contributed by atoms with E-state index in [0.29, 0.717) is 19.3 Å². The molecule has 0 saturated carbocycles. The van der Waals surface area contributed by atoms with E-state index in [9.17, 15) is 48.3 Å². The van der Waals surface area contributed by atoms with Crippen LogP contribution in [0.4, 0.5) is 0 Å². The largest absolute Gasteiger partial charge is 0.391 e. The topological polar surface area (TPSA) is 288 Å². The number of rotatable bonds is 14. The van der Waals surface area contributed by atoms with Crippen LogP contribution in [0.1, 0.15) is 156 Å². The minimum Gasteiger partial charge on any atom is -0.391 e. The molecule has 86 heavy (non-hydrogen) atoms. The first kappa shape index (κ1) is 76.3. The third-order valence-corrected chi connectivity index (χ3v) is 16.9. The Hall–Kier alpha value is -5.75. The van der Waals surface area contributed by atoms with Gasteiger partial charge in [-0.2, -0.15) is 0 Å². The quantitative estimate of drug-likeness (QED) is 0.156. The Kier molecular flexibility index (Phi) is 30.3. The van der Waals surface area contributed by atoms with E-state index in [1.54, 1.807) is 39.6 Å². The van der Waals surface area contributed by atoms with E-state index in [1.165, 1.54) is 82.7 Å². The average Bonchev–Trinajstić information content (AvgIpc) is 1.80.